The summed E-state index contributed by atoms with van der Waals surface area (Å²) in [4.78, 5) is 24.7. The van der Waals surface area contributed by atoms with Crippen molar-refractivity contribution in [2.45, 2.75) is 31.5 Å². The predicted octanol–water partition coefficient (Wildman–Crippen LogP) is -1.57. The SMILES string of the molecule is Cc1cn([C@@H]2O[C@@H](CO)C(O)C2F)c(=O)[nH]c1=O. The van der Waals surface area contributed by atoms with Gasteiger partial charge in [0.25, 0.3) is 5.56 Å². The standard InChI is InChI=1S/C10H13FN2O5/c1-4-2-13(10(17)12-8(4)16)9-6(11)7(15)5(3-14)18-9/h2,5-7,9,14-15H,3H2,1H3,(H,12,16,17)/t5-,6?,7?,9+/m0/s1. The number of aryl methyl sites for hydroxylation is 1. The molecule has 1 aliphatic heterocycles. The van der Waals surface area contributed by atoms with E-state index in [0.717, 1.165) is 10.8 Å². The van der Waals surface area contributed by atoms with Gasteiger partial charge in [-0.05, 0) is 6.92 Å². The Morgan fingerprint density at radius 1 is 1.56 bits per heavy atom. The molecule has 18 heavy (non-hydrogen) atoms. The van der Waals surface area contributed by atoms with Crippen molar-refractivity contribution in [1.82, 2.24) is 9.55 Å². The van der Waals surface area contributed by atoms with Gasteiger partial charge in [-0.15, -0.1) is 0 Å². The summed E-state index contributed by atoms with van der Waals surface area (Å²) in [7, 11) is 0. The molecule has 0 radical (unpaired) electrons. The van der Waals surface area contributed by atoms with Gasteiger partial charge in [0.1, 0.15) is 12.2 Å². The maximum Gasteiger partial charge on any atom is 0.330 e. The Bertz CT molecular complexity index is 554. The first-order valence-electron chi connectivity index (χ1n) is 5.36. The van der Waals surface area contributed by atoms with Gasteiger partial charge in [0, 0.05) is 11.8 Å². The molecule has 1 fully saturated rings. The summed E-state index contributed by atoms with van der Waals surface area (Å²) in [6, 6.07) is 0. The van der Waals surface area contributed by atoms with Crippen LogP contribution in [-0.4, -0.2) is 44.8 Å². The number of aromatic nitrogens is 2. The molecule has 0 bridgehead atoms. The van der Waals surface area contributed by atoms with E-state index in [1.165, 1.54) is 6.92 Å². The van der Waals surface area contributed by atoms with Crippen molar-refractivity contribution in [1.29, 1.82) is 0 Å². The topological polar surface area (TPSA) is 105 Å². The maximum atomic E-state index is 13.8. The summed E-state index contributed by atoms with van der Waals surface area (Å²) >= 11 is 0. The minimum absolute atomic E-state index is 0.215. The van der Waals surface area contributed by atoms with E-state index in [1.807, 2.05) is 4.98 Å². The molecule has 0 saturated carbocycles. The van der Waals surface area contributed by atoms with Crippen molar-refractivity contribution in [3.8, 4) is 0 Å². The van der Waals surface area contributed by atoms with Gasteiger partial charge in [0.2, 0.25) is 0 Å². The number of hydrogen-bond acceptors (Lipinski definition) is 5. The minimum Gasteiger partial charge on any atom is -0.394 e. The van der Waals surface area contributed by atoms with Crippen molar-refractivity contribution >= 4 is 0 Å². The third kappa shape index (κ3) is 1.98. The number of rotatable bonds is 2. The summed E-state index contributed by atoms with van der Waals surface area (Å²) < 4.78 is 19.7. The van der Waals surface area contributed by atoms with Gasteiger partial charge in [0.05, 0.1) is 6.61 Å². The van der Waals surface area contributed by atoms with Gasteiger partial charge in [0.15, 0.2) is 12.4 Å². The molecule has 0 spiro atoms. The lowest BCUT2D eigenvalue weighted by Gasteiger charge is -2.15. The average molecular weight is 260 g/mol. The molecule has 0 aromatic carbocycles. The maximum absolute atomic E-state index is 13.8. The number of alkyl halides is 1. The van der Waals surface area contributed by atoms with Crippen LogP contribution in [0.25, 0.3) is 0 Å². The van der Waals surface area contributed by atoms with Gasteiger partial charge in [-0.3, -0.25) is 14.3 Å². The highest BCUT2D eigenvalue weighted by atomic mass is 19.1. The second-order valence-corrected chi connectivity index (χ2v) is 4.16. The Labute approximate surface area is 100 Å². The first-order valence-corrected chi connectivity index (χ1v) is 5.36. The Balaban J connectivity index is 2.42. The van der Waals surface area contributed by atoms with Gasteiger partial charge in [-0.1, -0.05) is 0 Å². The zero-order valence-electron chi connectivity index (χ0n) is 9.54. The molecule has 1 saturated heterocycles. The van der Waals surface area contributed by atoms with Gasteiger partial charge >= 0.3 is 5.69 Å². The molecule has 3 N–H and O–H groups in total. The van der Waals surface area contributed by atoms with Crippen LogP contribution in [0, 0.1) is 6.92 Å². The molecular formula is C10H13FN2O5. The molecule has 2 unspecified atom stereocenters. The molecule has 1 aromatic rings. The summed E-state index contributed by atoms with van der Waals surface area (Å²) in [5.74, 6) is 0. The molecule has 1 aromatic heterocycles. The van der Waals surface area contributed by atoms with Crippen LogP contribution < -0.4 is 11.2 Å². The fraction of sp³-hybridized carbons (Fsp3) is 0.600. The van der Waals surface area contributed by atoms with Crippen molar-refractivity contribution in [2.24, 2.45) is 0 Å². The van der Waals surface area contributed by atoms with Crippen LogP contribution in [0.2, 0.25) is 0 Å². The van der Waals surface area contributed by atoms with E-state index >= 15 is 0 Å². The molecule has 0 amide bonds. The fourth-order valence-electron chi connectivity index (χ4n) is 1.85. The number of aromatic amines is 1. The number of nitrogens with zero attached hydrogens (tertiary/aromatic N) is 1. The Hall–Kier alpha value is -1.51. The lowest BCUT2D eigenvalue weighted by molar-refractivity contribution is -0.0492. The molecule has 100 valence electrons. The molecule has 2 heterocycles. The van der Waals surface area contributed by atoms with E-state index in [2.05, 4.69) is 0 Å². The number of H-pyrrole nitrogens is 1. The molecule has 1 aliphatic rings. The van der Waals surface area contributed by atoms with Gasteiger partial charge in [-0.25, -0.2) is 9.18 Å². The molecule has 0 aliphatic carbocycles. The van der Waals surface area contributed by atoms with Crippen molar-refractivity contribution in [3.05, 3.63) is 32.6 Å². The number of hydrogen-bond donors (Lipinski definition) is 3. The van der Waals surface area contributed by atoms with Crippen LogP contribution in [0.5, 0.6) is 0 Å². The first-order chi connectivity index (χ1) is 8.45. The smallest absolute Gasteiger partial charge is 0.330 e. The Kier molecular flexibility index (Phi) is 3.33. The molecule has 4 atom stereocenters. The quantitative estimate of drug-likeness (QED) is 0.596. The number of halogens is 1. The second-order valence-electron chi connectivity index (χ2n) is 4.16. The van der Waals surface area contributed by atoms with Crippen molar-refractivity contribution < 1.29 is 19.3 Å². The molecular weight excluding hydrogens is 247 g/mol. The second kappa shape index (κ2) is 4.63. The number of ether oxygens (including phenoxy) is 1. The predicted molar refractivity (Wildman–Crippen MR) is 58.0 cm³/mol. The molecule has 2 rings (SSSR count). The highest BCUT2D eigenvalue weighted by Gasteiger charge is 2.45. The highest BCUT2D eigenvalue weighted by molar-refractivity contribution is 5.03. The summed E-state index contributed by atoms with van der Waals surface area (Å²) in [6.07, 6.45) is -4.67. The normalized spacial score (nSPS) is 31.8. The lowest BCUT2D eigenvalue weighted by Crippen LogP contribution is -2.36. The highest BCUT2D eigenvalue weighted by Crippen LogP contribution is 2.30. The van der Waals surface area contributed by atoms with Crippen LogP contribution in [0.15, 0.2) is 15.8 Å². The van der Waals surface area contributed by atoms with Crippen LogP contribution >= 0.6 is 0 Å². The van der Waals surface area contributed by atoms with E-state index in [1.54, 1.807) is 0 Å². The van der Waals surface area contributed by atoms with E-state index in [-0.39, 0.29) is 5.56 Å². The summed E-state index contributed by atoms with van der Waals surface area (Å²) in [6.45, 7) is 0.895. The number of aliphatic hydroxyl groups excluding tert-OH is 2. The monoisotopic (exact) mass is 260 g/mol. The summed E-state index contributed by atoms with van der Waals surface area (Å²) in [5.41, 5.74) is -1.18. The minimum atomic E-state index is -1.86. The summed E-state index contributed by atoms with van der Waals surface area (Å²) in [5, 5.41) is 18.3. The van der Waals surface area contributed by atoms with Crippen molar-refractivity contribution in [2.75, 3.05) is 6.61 Å². The van der Waals surface area contributed by atoms with Gasteiger partial charge in [-0.2, -0.15) is 0 Å². The Morgan fingerprint density at radius 2 is 2.22 bits per heavy atom. The molecule has 7 nitrogen and oxygen atoms in total. The third-order valence-electron chi connectivity index (χ3n) is 2.89. The van der Waals surface area contributed by atoms with Crippen LogP contribution in [0.3, 0.4) is 0 Å². The number of aliphatic hydroxyl groups is 2. The first kappa shape index (κ1) is 12.9. The third-order valence-corrected chi connectivity index (χ3v) is 2.89. The van der Waals surface area contributed by atoms with Crippen LogP contribution in [-0.2, 0) is 4.74 Å². The Morgan fingerprint density at radius 3 is 2.78 bits per heavy atom. The zero-order valence-corrected chi connectivity index (χ0v) is 9.54. The zero-order chi connectivity index (χ0) is 13.4. The average Bonchev–Trinajstić information content (AvgIpc) is 2.61. The van der Waals surface area contributed by atoms with E-state index in [9.17, 15) is 19.1 Å². The van der Waals surface area contributed by atoms with Crippen LogP contribution in [0.1, 0.15) is 11.8 Å². The van der Waals surface area contributed by atoms with E-state index in [0.29, 0.717) is 0 Å². The van der Waals surface area contributed by atoms with Crippen molar-refractivity contribution in [3.63, 3.8) is 0 Å². The van der Waals surface area contributed by atoms with Crippen LogP contribution in [0.4, 0.5) is 4.39 Å². The largest absolute Gasteiger partial charge is 0.394 e. The lowest BCUT2D eigenvalue weighted by atomic mass is 10.1. The fourth-order valence-corrected chi connectivity index (χ4v) is 1.85. The van der Waals surface area contributed by atoms with E-state index < -0.39 is 42.5 Å². The molecule has 8 heteroatoms. The van der Waals surface area contributed by atoms with E-state index in [4.69, 9.17) is 9.84 Å². The van der Waals surface area contributed by atoms with Gasteiger partial charge < -0.3 is 14.9 Å². The number of nitrogens with one attached hydrogen (secondary N) is 1.